The van der Waals surface area contributed by atoms with E-state index in [0.717, 1.165) is 41.4 Å². The van der Waals surface area contributed by atoms with Gasteiger partial charge in [-0.3, -0.25) is 0 Å². The van der Waals surface area contributed by atoms with Crippen molar-refractivity contribution in [3.63, 3.8) is 0 Å². The van der Waals surface area contributed by atoms with Crippen LogP contribution in [-0.2, 0) is 6.54 Å². The van der Waals surface area contributed by atoms with Crippen molar-refractivity contribution in [2.24, 2.45) is 5.73 Å². The molecule has 1 aliphatic rings. The van der Waals surface area contributed by atoms with Gasteiger partial charge in [0.1, 0.15) is 5.75 Å². The Morgan fingerprint density at radius 1 is 1.30 bits per heavy atom. The van der Waals surface area contributed by atoms with Gasteiger partial charge in [0, 0.05) is 36.7 Å². The summed E-state index contributed by atoms with van der Waals surface area (Å²) in [6.45, 7) is 9.53. The van der Waals surface area contributed by atoms with Crippen LogP contribution in [0.5, 0.6) is 5.75 Å². The number of nitrogens with zero attached hydrogens (tertiary/aromatic N) is 1. The average molecular weight is 294 g/mol. The number of benzene rings is 1. The molecule has 1 aliphatic heterocycles. The van der Waals surface area contributed by atoms with Gasteiger partial charge in [-0.15, -0.1) is 0 Å². The van der Waals surface area contributed by atoms with Gasteiger partial charge < -0.3 is 15.4 Å². The minimum Gasteiger partial charge on any atom is -0.494 e. The van der Waals surface area contributed by atoms with Crippen molar-refractivity contribution in [2.45, 2.75) is 37.3 Å². The van der Waals surface area contributed by atoms with Gasteiger partial charge in [0.25, 0.3) is 0 Å². The predicted octanol–water partition coefficient (Wildman–Crippen LogP) is 2.74. The fourth-order valence-electron chi connectivity index (χ4n) is 2.71. The monoisotopic (exact) mass is 294 g/mol. The number of hydrogen-bond acceptors (Lipinski definition) is 4. The van der Waals surface area contributed by atoms with Crippen LogP contribution >= 0.6 is 11.8 Å². The summed E-state index contributed by atoms with van der Waals surface area (Å²) in [4.78, 5) is 2.56. The molecule has 1 fully saturated rings. The zero-order valence-electron chi connectivity index (χ0n) is 12.5. The number of nitrogens with two attached hydrogens (primary N) is 1. The van der Waals surface area contributed by atoms with E-state index in [0.29, 0.717) is 6.54 Å². The van der Waals surface area contributed by atoms with E-state index in [9.17, 15) is 0 Å². The van der Waals surface area contributed by atoms with E-state index >= 15 is 0 Å². The maximum absolute atomic E-state index is 5.81. The second-order valence-corrected chi connectivity index (χ2v) is 7.45. The van der Waals surface area contributed by atoms with Crippen LogP contribution in [0.25, 0.3) is 0 Å². The molecule has 112 valence electrons. The first kappa shape index (κ1) is 15.7. The Morgan fingerprint density at radius 3 is 2.75 bits per heavy atom. The minimum absolute atomic E-state index is 0.568. The van der Waals surface area contributed by atoms with Crippen LogP contribution < -0.4 is 10.5 Å². The highest BCUT2D eigenvalue weighted by atomic mass is 32.2. The van der Waals surface area contributed by atoms with Gasteiger partial charge in [0.05, 0.1) is 6.61 Å². The van der Waals surface area contributed by atoms with Gasteiger partial charge in [0.15, 0.2) is 0 Å². The average Bonchev–Trinajstić information content (AvgIpc) is 2.43. The quantitative estimate of drug-likeness (QED) is 0.819. The molecule has 0 radical (unpaired) electrons. The molecular weight excluding hydrogens is 268 g/mol. The van der Waals surface area contributed by atoms with Gasteiger partial charge in [-0.1, -0.05) is 26.0 Å². The third kappa shape index (κ3) is 5.00. The van der Waals surface area contributed by atoms with Gasteiger partial charge in [0.2, 0.25) is 0 Å². The molecule has 3 nitrogen and oxygen atoms in total. The molecule has 2 unspecified atom stereocenters. The molecule has 0 amide bonds. The van der Waals surface area contributed by atoms with Crippen molar-refractivity contribution in [2.75, 3.05) is 26.2 Å². The fraction of sp³-hybridized carbons (Fsp3) is 0.625. The Balaban J connectivity index is 1.68. The van der Waals surface area contributed by atoms with Gasteiger partial charge >= 0.3 is 0 Å². The zero-order chi connectivity index (χ0) is 14.4. The van der Waals surface area contributed by atoms with Crippen LogP contribution in [0.4, 0.5) is 0 Å². The van der Waals surface area contributed by atoms with Crippen LogP contribution in [0, 0.1) is 0 Å². The molecule has 1 heterocycles. The lowest BCUT2D eigenvalue weighted by Gasteiger charge is -2.34. The lowest BCUT2D eigenvalue weighted by atomic mass is 10.2. The lowest BCUT2D eigenvalue weighted by Crippen LogP contribution is -2.41. The molecule has 2 rings (SSSR count). The molecule has 1 aromatic carbocycles. The number of ether oxygens (including phenoxy) is 1. The molecule has 0 bridgehead atoms. The maximum Gasteiger partial charge on any atom is 0.119 e. The standard InChI is InChI=1S/C16H26N2OS/c1-13-11-18(12-14(2)20-13)7-4-8-19-16-6-3-5-15(9-16)10-17/h3,5-6,9,13-14H,4,7-8,10-12,17H2,1-2H3. The normalized spacial score (nSPS) is 23.8. The second kappa shape index (κ2) is 7.91. The van der Waals surface area contributed by atoms with E-state index in [1.807, 2.05) is 24.3 Å². The molecule has 20 heavy (non-hydrogen) atoms. The van der Waals surface area contributed by atoms with Gasteiger partial charge in [-0.05, 0) is 24.1 Å². The van der Waals surface area contributed by atoms with E-state index < -0.39 is 0 Å². The highest BCUT2D eigenvalue weighted by Gasteiger charge is 2.21. The first-order valence-corrected chi connectivity index (χ1v) is 8.41. The minimum atomic E-state index is 0.568. The van der Waals surface area contributed by atoms with E-state index in [-0.39, 0.29) is 0 Å². The second-order valence-electron chi connectivity index (χ2n) is 5.57. The summed E-state index contributed by atoms with van der Waals surface area (Å²) in [5.74, 6) is 0.934. The van der Waals surface area contributed by atoms with Crippen LogP contribution in [0.1, 0.15) is 25.8 Å². The van der Waals surface area contributed by atoms with Crippen molar-refractivity contribution < 1.29 is 4.74 Å². The molecule has 0 saturated carbocycles. The fourth-order valence-corrected chi connectivity index (χ4v) is 4.09. The molecule has 0 aliphatic carbocycles. The lowest BCUT2D eigenvalue weighted by molar-refractivity contribution is 0.232. The summed E-state index contributed by atoms with van der Waals surface area (Å²) in [7, 11) is 0. The van der Waals surface area contributed by atoms with Crippen molar-refractivity contribution in [1.29, 1.82) is 0 Å². The first-order chi connectivity index (χ1) is 9.67. The molecule has 1 saturated heterocycles. The third-order valence-corrected chi connectivity index (χ3v) is 4.74. The summed E-state index contributed by atoms with van der Waals surface area (Å²) in [6, 6.07) is 8.06. The van der Waals surface area contributed by atoms with Crippen molar-refractivity contribution in [3.8, 4) is 5.75 Å². The summed E-state index contributed by atoms with van der Waals surface area (Å²) in [5, 5.41) is 1.50. The number of thioether (sulfide) groups is 1. The molecule has 0 spiro atoms. The third-order valence-electron chi connectivity index (χ3n) is 3.52. The smallest absolute Gasteiger partial charge is 0.119 e. The van der Waals surface area contributed by atoms with Crippen molar-refractivity contribution >= 4 is 11.8 Å². The van der Waals surface area contributed by atoms with Crippen LogP contribution in [0.2, 0.25) is 0 Å². The first-order valence-electron chi connectivity index (χ1n) is 7.47. The van der Waals surface area contributed by atoms with E-state index in [2.05, 4.69) is 30.5 Å². The molecule has 0 aromatic heterocycles. The van der Waals surface area contributed by atoms with Crippen LogP contribution in [0.15, 0.2) is 24.3 Å². The Bertz CT molecular complexity index is 403. The van der Waals surface area contributed by atoms with E-state index in [1.54, 1.807) is 0 Å². The number of hydrogen-bond donors (Lipinski definition) is 1. The van der Waals surface area contributed by atoms with Crippen LogP contribution in [0.3, 0.4) is 0 Å². The predicted molar refractivity (Wildman–Crippen MR) is 87.4 cm³/mol. The molecule has 1 aromatic rings. The van der Waals surface area contributed by atoms with Crippen LogP contribution in [-0.4, -0.2) is 41.6 Å². The van der Waals surface area contributed by atoms with Crippen molar-refractivity contribution in [3.05, 3.63) is 29.8 Å². The Kier molecular flexibility index (Phi) is 6.20. The van der Waals surface area contributed by atoms with Crippen molar-refractivity contribution in [1.82, 2.24) is 4.90 Å². The van der Waals surface area contributed by atoms with Gasteiger partial charge in [-0.25, -0.2) is 0 Å². The zero-order valence-corrected chi connectivity index (χ0v) is 13.4. The molecular formula is C16H26N2OS. The van der Waals surface area contributed by atoms with Gasteiger partial charge in [-0.2, -0.15) is 11.8 Å². The summed E-state index contributed by atoms with van der Waals surface area (Å²) in [5.41, 5.74) is 6.76. The topological polar surface area (TPSA) is 38.5 Å². The Morgan fingerprint density at radius 2 is 2.05 bits per heavy atom. The Hall–Kier alpha value is -0.710. The highest BCUT2D eigenvalue weighted by molar-refractivity contribution is 8.00. The van der Waals surface area contributed by atoms with E-state index in [1.165, 1.54) is 13.1 Å². The highest BCUT2D eigenvalue weighted by Crippen LogP contribution is 2.24. The summed E-state index contributed by atoms with van der Waals surface area (Å²) < 4.78 is 5.81. The number of rotatable bonds is 6. The summed E-state index contributed by atoms with van der Waals surface area (Å²) in [6.07, 6.45) is 1.08. The SMILES string of the molecule is CC1CN(CCCOc2cccc(CN)c2)CC(C)S1. The maximum atomic E-state index is 5.81. The van der Waals surface area contributed by atoms with E-state index in [4.69, 9.17) is 10.5 Å². The largest absolute Gasteiger partial charge is 0.494 e. The molecule has 2 N–H and O–H groups in total. The Labute approximate surface area is 126 Å². The molecule has 2 atom stereocenters. The summed E-state index contributed by atoms with van der Waals surface area (Å²) >= 11 is 2.10. The molecule has 4 heteroatoms.